The number of hydrogen-bond acceptors (Lipinski definition) is 3. The minimum absolute atomic E-state index is 0.732. The van der Waals surface area contributed by atoms with Crippen molar-refractivity contribution in [3.8, 4) is 22.3 Å². The van der Waals surface area contributed by atoms with Crippen LogP contribution in [-0.4, -0.2) is 23.8 Å². The third-order valence-corrected chi connectivity index (χ3v) is 8.57. The van der Waals surface area contributed by atoms with E-state index in [-0.39, 0.29) is 0 Å². The van der Waals surface area contributed by atoms with Crippen LogP contribution in [0.3, 0.4) is 0 Å². The minimum Gasteiger partial charge on any atom is -0.427 e. The van der Waals surface area contributed by atoms with Crippen molar-refractivity contribution < 1.29 is 9.76 Å². The zero-order valence-electron chi connectivity index (χ0n) is 25.7. The Labute approximate surface area is 261 Å². The molecule has 0 aliphatic rings. The summed E-state index contributed by atoms with van der Waals surface area (Å²) in [7, 11) is 1.72. The Kier molecular flexibility index (Phi) is 8.14. The van der Waals surface area contributed by atoms with Gasteiger partial charge in [0.05, 0.1) is 11.2 Å². The molecular weight excluding hydrogens is 537 g/mol. The number of fused-ring (bicyclic) bond motifs is 1. The highest BCUT2D eigenvalue weighted by Crippen LogP contribution is 2.37. The van der Waals surface area contributed by atoms with Crippen molar-refractivity contribution in [2.45, 2.75) is 38.9 Å². The molecule has 3 nitrogen and oxygen atoms in total. The van der Waals surface area contributed by atoms with Crippen molar-refractivity contribution in [3.63, 3.8) is 0 Å². The predicted octanol–water partition coefficient (Wildman–Crippen LogP) is 9.45. The zero-order valence-corrected chi connectivity index (χ0v) is 25.7. The van der Waals surface area contributed by atoms with Gasteiger partial charge in [0.25, 0.3) is 0 Å². The van der Waals surface area contributed by atoms with E-state index in [0.717, 1.165) is 22.5 Å². The van der Waals surface area contributed by atoms with Gasteiger partial charge in [-0.2, -0.15) is 0 Å². The smallest absolute Gasteiger partial charge is 0.330 e. The van der Waals surface area contributed by atoms with Gasteiger partial charge in [-0.05, 0) is 97.1 Å². The molecule has 1 radical (unpaired) electrons. The summed E-state index contributed by atoms with van der Waals surface area (Å²) in [5, 5.41) is 13.0. The van der Waals surface area contributed by atoms with Crippen molar-refractivity contribution in [2.75, 3.05) is 4.90 Å². The van der Waals surface area contributed by atoms with Crippen LogP contribution >= 0.6 is 0 Å². The molecule has 0 aliphatic heterocycles. The molecule has 0 bridgehead atoms. The maximum atomic E-state index is 10.5. The molecule has 0 fully saturated rings. The Bertz CT molecular complexity index is 1830. The summed E-state index contributed by atoms with van der Waals surface area (Å²) < 4.78 is 6.00. The lowest BCUT2D eigenvalue weighted by Crippen LogP contribution is -2.49. The van der Waals surface area contributed by atoms with Crippen LogP contribution in [0.1, 0.15) is 27.7 Å². The monoisotopic (exact) mass is 574 g/mol. The predicted molar refractivity (Wildman–Crippen MR) is 186 cm³/mol. The quantitative estimate of drug-likeness (QED) is 0.175. The molecule has 0 spiro atoms. The van der Waals surface area contributed by atoms with Crippen LogP contribution in [0, 0.1) is 0 Å². The molecule has 0 atom stereocenters. The van der Waals surface area contributed by atoms with Crippen LogP contribution < -0.4 is 10.4 Å². The summed E-state index contributed by atoms with van der Waals surface area (Å²) in [5.41, 5.74) is 7.16. The summed E-state index contributed by atoms with van der Waals surface area (Å²) in [6.07, 6.45) is 0. The third-order valence-electron chi connectivity index (χ3n) is 8.57. The van der Waals surface area contributed by atoms with Crippen molar-refractivity contribution >= 4 is 40.8 Å². The second-order valence-corrected chi connectivity index (χ2v) is 12.2. The molecule has 4 heteroatoms. The first kappa shape index (κ1) is 29.4. The fourth-order valence-electron chi connectivity index (χ4n) is 5.21. The first-order valence-corrected chi connectivity index (χ1v) is 15.1. The molecule has 1 N–H and O–H groups in total. The normalized spacial score (nSPS) is 11.8. The van der Waals surface area contributed by atoms with E-state index in [1.54, 1.807) is 21.3 Å². The minimum atomic E-state index is -0.982. The molecule has 0 saturated carbocycles. The summed E-state index contributed by atoms with van der Waals surface area (Å²) in [6.45, 7) is 7.30. The van der Waals surface area contributed by atoms with E-state index in [1.807, 2.05) is 32.0 Å². The number of anilines is 3. The van der Waals surface area contributed by atoms with E-state index in [1.165, 1.54) is 33.0 Å². The fraction of sp³-hybridized carbons (Fsp3) is 0.150. The third kappa shape index (κ3) is 6.19. The van der Waals surface area contributed by atoms with E-state index in [2.05, 4.69) is 132 Å². The Morgan fingerprint density at radius 3 is 1.64 bits per heavy atom. The highest BCUT2D eigenvalue weighted by atomic mass is 16.5. The molecule has 0 saturated heterocycles. The molecular formula is C40H37BNO2. The number of benzene rings is 6. The number of hydrogen-bond donors (Lipinski definition) is 1. The molecule has 6 aromatic rings. The van der Waals surface area contributed by atoms with Crippen molar-refractivity contribution in [1.29, 1.82) is 0 Å². The second-order valence-electron chi connectivity index (χ2n) is 12.2. The van der Waals surface area contributed by atoms with Gasteiger partial charge in [0.1, 0.15) is 0 Å². The average Bonchev–Trinajstić information content (AvgIpc) is 3.05. The first-order valence-electron chi connectivity index (χ1n) is 15.1. The van der Waals surface area contributed by atoms with Crippen molar-refractivity contribution in [2.24, 2.45) is 0 Å². The fourth-order valence-corrected chi connectivity index (χ4v) is 5.21. The maximum Gasteiger partial charge on any atom is 0.330 e. The second kappa shape index (κ2) is 12.2. The van der Waals surface area contributed by atoms with Crippen molar-refractivity contribution in [3.05, 3.63) is 146 Å². The van der Waals surface area contributed by atoms with Gasteiger partial charge in [0.2, 0.25) is 0 Å². The molecule has 6 rings (SSSR count). The van der Waals surface area contributed by atoms with Crippen LogP contribution in [-0.2, 0) is 4.65 Å². The van der Waals surface area contributed by atoms with Crippen LogP contribution in [0.25, 0.3) is 33.0 Å². The average molecular weight is 575 g/mol. The van der Waals surface area contributed by atoms with Crippen LogP contribution in [0.4, 0.5) is 17.1 Å². The molecule has 0 unspecified atom stereocenters. The lowest BCUT2D eigenvalue weighted by molar-refractivity contribution is -0.0893. The molecule has 217 valence electrons. The Morgan fingerprint density at radius 1 is 0.523 bits per heavy atom. The first-order chi connectivity index (χ1) is 21.2. The summed E-state index contributed by atoms with van der Waals surface area (Å²) in [6, 6.07) is 51.2. The van der Waals surface area contributed by atoms with Gasteiger partial charge in [-0.15, -0.1) is 0 Å². The van der Waals surface area contributed by atoms with Gasteiger partial charge in [0, 0.05) is 17.1 Å². The van der Waals surface area contributed by atoms with Gasteiger partial charge < -0.3 is 14.7 Å². The lowest BCUT2D eigenvalue weighted by Gasteiger charge is -2.37. The molecule has 0 amide bonds. The Balaban J connectivity index is 1.34. The van der Waals surface area contributed by atoms with E-state index < -0.39 is 11.2 Å². The zero-order chi connectivity index (χ0) is 30.7. The molecule has 6 aromatic carbocycles. The SMILES string of the molecule is CC(C)(O)C(C)(C)O[B]c1ccc(N(c2ccc(-c3ccccc3)cc2)c2ccc(-c3cccc4ccccc34)cc2)cc1. The number of aliphatic hydroxyl groups is 1. The maximum absolute atomic E-state index is 10.5. The molecule has 0 aliphatic carbocycles. The Hall–Kier alpha value is -4.64. The van der Waals surface area contributed by atoms with E-state index >= 15 is 0 Å². The summed E-state index contributed by atoms with van der Waals surface area (Å²) in [4.78, 5) is 2.27. The standard InChI is InChI=1S/C40H37BNO2/c1-39(2,43)40(3,4)44-41-33-21-27-36(28-22-33)42(34-23-17-30(18-24-34)29-11-6-5-7-12-29)35-25-19-32(20-26-35)38-16-10-14-31-13-8-9-15-37(31)38/h5-28,43H,1-4H3. The summed E-state index contributed by atoms with van der Waals surface area (Å²) >= 11 is 0. The van der Waals surface area contributed by atoms with Crippen LogP contribution in [0.5, 0.6) is 0 Å². The highest BCUT2D eigenvalue weighted by Gasteiger charge is 2.35. The number of nitrogens with zero attached hydrogens (tertiary/aromatic N) is 1. The van der Waals surface area contributed by atoms with E-state index in [4.69, 9.17) is 4.65 Å². The van der Waals surface area contributed by atoms with Gasteiger partial charge in [-0.25, -0.2) is 0 Å². The molecule has 0 aromatic heterocycles. The van der Waals surface area contributed by atoms with Gasteiger partial charge >= 0.3 is 7.48 Å². The van der Waals surface area contributed by atoms with Crippen molar-refractivity contribution in [1.82, 2.24) is 0 Å². The molecule has 44 heavy (non-hydrogen) atoms. The van der Waals surface area contributed by atoms with Gasteiger partial charge in [-0.1, -0.05) is 115 Å². The van der Waals surface area contributed by atoms with Gasteiger partial charge in [0.15, 0.2) is 0 Å². The number of rotatable bonds is 9. The van der Waals surface area contributed by atoms with E-state index in [0.29, 0.717) is 0 Å². The van der Waals surface area contributed by atoms with Crippen LogP contribution in [0.2, 0.25) is 0 Å². The Morgan fingerprint density at radius 2 is 1.02 bits per heavy atom. The topological polar surface area (TPSA) is 32.7 Å². The van der Waals surface area contributed by atoms with Gasteiger partial charge in [-0.3, -0.25) is 0 Å². The summed E-state index contributed by atoms with van der Waals surface area (Å²) in [5.74, 6) is 0. The lowest BCUT2D eigenvalue weighted by atomic mass is 9.82. The largest absolute Gasteiger partial charge is 0.427 e. The molecule has 0 heterocycles. The highest BCUT2D eigenvalue weighted by molar-refractivity contribution is 6.47. The van der Waals surface area contributed by atoms with Crippen LogP contribution in [0.15, 0.2) is 146 Å². The van der Waals surface area contributed by atoms with E-state index in [9.17, 15) is 5.11 Å².